The van der Waals surface area contributed by atoms with Crippen molar-refractivity contribution < 1.29 is 27.0 Å². The average molecular weight is 368 g/mol. The summed E-state index contributed by atoms with van der Waals surface area (Å²) in [6.45, 7) is 5.66. The van der Waals surface area contributed by atoms with Gasteiger partial charge in [0.05, 0.1) is 6.61 Å². The predicted molar refractivity (Wildman–Crippen MR) is 92.4 cm³/mol. The zero-order chi connectivity index (χ0) is 19.1. The Hall–Kier alpha value is -2.50. The molecule has 0 amide bonds. The molecule has 0 bridgehead atoms. The van der Waals surface area contributed by atoms with Gasteiger partial charge in [0.25, 0.3) is 0 Å². The smallest absolute Gasteiger partial charge is 0.201 e. The lowest BCUT2D eigenvalue weighted by Gasteiger charge is -2.12. The molecule has 0 aliphatic rings. The van der Waals surface area contributed by atoms with Gasteiger partial charge in [-0.15, -0.1) is 0 Å². The van der Waals surface area contributed by atoms with E-state index in [-0.39, 0.29) is 24.7 Å². The van der Waals surface area contributed by atoms with E-state index in [1.54, 1.807) is 0 Å². The second kappa shape index (κ2) is 9.27. The molecule has 0 saturated heterocycles. The van der Waals surface area contributed by atoms with Crippen LogP contribution >= 0.6 is 0 Å². The summed E-state index contributed by atoms with van der Waals surface area (Å²) in [5.41, 5.74) is -0.794. The topological polar surface area (TPSA) is 18.5 Å². The first kappa shape index (κ1) is 19.8. The molecule has 2 rings (SSSR count). The largest absolute Gasteiger partial charge is 0.490 e. The molecule has 0 N–H and O–H groups in total. The van der Waals surface area contributed by atoms with Crippen molar-refractivity contribution in [1.29, 1.82) is 0 Å². The van der Waals surface area contributed by atoms with Crippen LogP contribution in [-0.2, 0) is 0 Å². The van der Waals surface area contributed by atoms with Gasteiger partial charge in [-0.1, -0.05) is 32.4 Å². The molecule has 0 heterocycles. The lowest BCUT2D eigenvalue weighted by Crippen LogP contribution is -2.03. The van der Waals surface area contributed by atoms with Gasteiger partial charge in [0.15, 0.2) is 23.1 Å². The van der Waals surface area contributed by atoms with Crippen LogP contribution in [0, 0.1) is 23.3 Å². The Balaban J connectivity index is 2.30. The van der Waals surface area contributed by atoms with Gasteiger partial charge in [-0.25, -0.2) is 8.78 Å². The maximum absolute atomic E-state index is 14.3. The Labute approximate surface area is 150 Å². The van der Waals surface area contributed by atoms with Gasteiger partial charge < -0.3 is 9.47 Å². The second-order valence-corrected chi connectivity index (χ2v) is 5.63. The van der Waals surface area contributed by atoms with Crippen molar-refractivity contribution in [2.75, 3.05) is 13.2 Å². The molecule has 2 nitrogen and oxygen atoms in total. The zero-order valence-electron chi connectivity index (χ0n) is 14.5. The second-order valence-electron chi connectivity index (χ2n) is 5.63. The lowest BCUT2D eigenvalue weighted by molar-refractivity contribution is 0.286. The number of hydrogen-bond acceptors (Lipinski definition) is 2. The Morgan fingerprint density at radius 1 is 0.808 bits per heavy atom. The van der Waals surface area contributed by atoms with Crippen molar-refractivity contribution >= 4 is 0 Å². The van der Waals surface area contributed by atoms with Gasteiger partial charge in [-0.2, -0.15) is 8.78 Å². The highest BCUT2D eigenvalue weighted by molar-refractivity contribution is 5.67. The van der Waals surface area contributed by atoms with Crippen LogP contribution in [-0.4, -0.2) is 13.2 Å². The first-order valence-electron chi connectivity index (χ1n) is 8.34. The van der Waals surface area contributed by atoms with E-state index < -0.39 is 34.4 Å². The highest BCUT2D eigenvalue weighted by Crippen LogP contribution is 2.34. The summed E-state index contributed by atoms with van der Waals surface area (Å²) >= 11 is 0. The summed E-state index contributed by atoms with van der Waals surface area (Å²) < 4.78 is 67.0. The van der Waals surface area contributed by atoms with E-state index in [9.17, 15) is 17.6 Å². The molecule has 0 aromatic heterocycles. The van der Waals surface area contributed by atoms with Gasteiger partial charge in [0.2, 0.25) is 11.6 Å². The van der Waals surface area contributed by atoms with E-state index in [0.29, 0.717) is 6.42 Å². The minimum Gasteiger partial charge on any atom is -0.490 e. The van der Waals surface area contributed by atoms with E-state index in [4.69, 9.17) is 9.47 Å². The Morgan fingerprint density at radius 3 is 1.85 bits per heavy atom. The first-order valence-corrected chi connectivity index (χ1v) is 8.34. The van der Waals surface area contributed by atoms with Crippen LogP contribution < -0.4 is 9.47 Å². The summed E-state index contributed by atoms with van der Waals surface area (Å²) in [7, 11) is 0. The third-order valence-corrected chi connectivity index (χ3v) is 3.75. The van der Waals surface area contributed by atoms with Crippen molar-refractivity contribution in [1.82, 2.24) is 0 Å². The number of unbranched alkanes of at least 4 members (excludes halogenated alkanes) is 2. The molecule has 2 aromatic rings. The summed E-state index contributed by atoms with van der Waals surface area (Å²) in [6, 6.07) is 4.66. The quantitative estimate of drug-likeness (QED) is 0.305. The predicted octanol–water partition coefficient (Wildman–Crippen LogP) is 6.04. The monoisotopic (exact) mass is 368 g/mol. The van der Waals surface area contributed by atoms with Gasteiger partial charge >= 0.3 is 0 Å². The number of ether oxygens (including phenoxy) is 2. The number of halogens is 4. The first-order chi connectivity index (χ1) is 12.5. The molecule has 0 saturated carbocycles. The molecular weight excluding hydrogens is 348 g/mol. The summed E-state index contributed by atoms with van der Waals surface area (Å²) in [6.07, 6.45) is 3.97. The maximum Gasteiger partial charge on any atom is 0.201 e. The van der Waals surface area contributed by atoms with Crippen molar-refractivity contribution in [2.45, 2.75) is 26.2 Å². The molecular formula is C20H20F4O2. The van der Waals surface area contributed by atoms with Gasteiger partial charge in [-0.05, 0) is 30.7 Å². The third-order valence-electron chi connectivity index (χ3n) is 3.75. The molecule has 26 heavy (non-hydrogen) atoms. The molecule has 6 heteroatoms. The van der Waals surface area contributed by atoms with E-state index >= 15 is 0 Å². The lowest BCUT2D eigenvalue weighted by atomic mass is 10.0. The fourth-order valence-corrected chi connectivity index (χ4v) is 2.39. The Bertz CT molecular complexity index is 775. The molecule has 0 radical (unpaired) electrons. The van der Waals surface area contributed by atoms with E-state index in [1.807, 2.05) is 6.92 Å². The maximum atomic E-state index is 14.3. The molecule has 0 spiro atoms. The highest BCUT2D eigenvalue weighted by Gasteiger charge is 2.21. The van der Waals surface area contributed by atoms with Crippen LogP contribution in [0.5, 0.6) is 11.5 Å². The van der Waals surface area contributed by atoms with Gasteiger partial charge in [0.1, 0.15) is 6.61 Å². The molecule has 0 aliphatic carbocycles. The SMILES string of the molecule is C=CCOc1ccc(-c2ccc(OCCCCC)c(F)c2F)c(F)c1F. The van der Waals surface area contributed by atoms with Crippen LogP contribution in [0.15, 0.2) is 36.9 Å². The summed E-state index contributed by atoms with van der Waals surface area (Å²) in [5, 5.41) is 0. The van der Waals surface area contributed by atoms with Crippen LogP contribution in [0.2, 0.25) is 0 Å². The molecule has 0 atom stereocenters. The molecule has 2 aromatic carbocycles. The molecule has 140 valence electrons. The Morgan fingerprint density at radius 2 is 1.35 bits per heavy atom. The molecule has 0 aliphatic heterocycles. The summed E-state index contributed by atoms with van der Waals surface area (Å²) in [4.78, 5) is 0. The fraction of sp³-hybridized carbons (Fsp3) is 0.300. The van der Waals surface area contributed by atoms with Gasteiger partial charge in [0, 0.05) is 11.1 Å². The van der Waals surface area contributed by atoms with Crippen LogP contribution in [0.3, 0.4) is 0 Å². The zero-order valence-corrected chi connectivity index (χ0v) is 14.5. The normalized spacial score (nSPS) is 10.7. The van der Waals surface area contributed by atoms with Crippen molar-refractivity contribution in [3.05, 3.63) is 60.2 Å². The van der Waals surface area contributed by atoms with Crippen LogP contribution in [0.25, 0.3) is 11.1 Å². The van der Waals surface area contributed by atoms with Crippen molar-refractivity contribution in [2.24, 2.45) is 0 Å². The average Bonchev–Trinajstić information content (AvgIpc) is 2.64. The van der Waals surface area contributed by atoms with E-state index in [2.05, 4.69) is 6.58 Å². The highest BCUT2D eigenvalue weighted by atomic mass is 19.2. The number of hydrogen-bond donors (Lipinski definition) is 0. The standard InChI is InChI=1S/C20H20F4O2/c1-3-5-6-12-26-16-10-8-14(18(22)20(16)24)13-7-9-15(25-11-4-2)19(23)17(13)21/h4,7-10H,2-3,5-6,11-12H2,1H3. The summed E-state index contributed by atoms with van der Waals surface area (Å²) in [5.74, 6) is -5.70. The molecule has 0 fully saturated rings. The van der Waals surface area contributed by atoms with E-state index in [1.165, 1.54) is 12.1 Å². The third kappa shape index (κ3) is 4.36. The van der Waals surface area contributed by atoms with Crippen LogP contribution in [0.4, 0.5) is 17.6 Å². The van der Waals surface area contributed by atoms with Gasteiger partial charge in [-0.3, -0.25) is 0 Å². The minimum atomic E-state index is -1.32. The van der Waals surface area contributed by atoms with Crippen molar-refractivity contribution in [3.63, 3.8) is 0 Å². The number of benzene rings is 2. The Kier molecular flexibility index (Phi) is 7.06. The van der Waals surface area contributed by atoms with Crippen LogP contribution in [0.1, 0.15) is 26.2 Å². The van der Waals surface area contributed by atoms with E-state index in [0.717, 1.165) is 31.0 Å². The van der Waals surface area contributed by atoms with Crippen molar-refractivity contribution in [3.8, 4) is 22.6 Å². The molecule has 0 unspecified atom stereocenters. The minimum absolute atomic E-state index is 0.0111. The number of rotatable bonds is 9. The fourth-order valence-electron chi connectivity index (χ4n) is 2.39.